The van der Waals surface area contributed by atoms with Crippen LogP contribution in [0.4, 0.5) is 0 Å². The summed E-state index contributed by atoms with van der Waals surface area (Å²) < 4.78 is 5.23. The highest BCUT2D eigenvalue weighted by Gasteiger charge is 2.38. The van der Waals surface area contributed by atoms with E-state index in [4.69, 9.17) is 10.5 Å². The molecule has 2 aliphatic rings. The van der Waals surface area contributed by atoms with Crippen molar-refractivity contribution < 1.29 is 14.3 Å². The molecule has 21 heavy (non-hydrogen) atoms. The van der Waals surface area contributed by atoms with E-state index in [1.807, 2.05) is 0 Å². The lowest BCUT2D eigenvalue weighted by Crippen LogP contribution is -2.44. The number of methoxy groups -OCH3 is 1. The van der Waals surface area contributed by atoms with Crippen LogP contribution in [0, 0.1) is 5.92 Å². The number of likely N-dealkylation sites (tertiary alicyclic amines) is 2. The van der Waals surface area contributed by atoms with Gasteiger partial charge in [-0.2, -0.15) is 0 Å². The van der Waals surface area contributed by atoms with Gasteiger partial charge in [0.15, 0.2) is 0 Å². The largest absolute Gasteiger partial charge is 0.378 e. The van der Waals surface area contributed by atoms with E-state index in [0.717, 1.165) is 19.4 Å². The van der Waals surface area contributed by atoms with Crippen molar-refractivity contribution in [3.05, 3.63) is 0 Å². The second-order valence-electron chi connectivity index (χ2n) is 6.20. The lowest BCUT2D eigenvalue weighted by molar-refractivity contribution is -0.150. The normalized spacial score (nSPS) is 29.2. The molecule has 0 aliphatic carbocycles. The van der Waals surface area contributed by atoms with E-state index in [1.165, 1.54) is 17.7 Å². The molecule has 0 bridgehead atoms. The number of hydrogen-bond donors (Lipinski definition) is 1. The summed E-state index contributed by atoms with van der Waals surface area (Å²) in [6.07, 6.45) is 4.36. The summed E-state index contributed by atoms with van der Waals surface area (Å²) in [5.41, 5.74) is 5.90. The maximum Gasteiger partial charge on any atom is 0.312 e. The maximum absolute atomic E-state index is 12.3. The third-order valence-corrected chi connectivity index (χ3v) is 4.62. The molecule has 0 aromatic heterocycles. The lowest BCUT2D eigenvalue weighted by Gasteiger charge is -2.20. The highest BCUT2D eigenvalue weighted by Crippen LogP contribution is 2.22. The van der Waals surface area contributed by atoms with Crippen LogP contribution in [0.1, 0.15) is 32.6 Å². The average molecular weight is 297 g/mol. The van der Waals surface area contributed by atoms with Crippen molar-refractivity contribution in [2.24, 2.45) is 11.7 Å². The number of nitrogens with two attached hydrogens (primary N) is 1. The minimum Gasteiger partial charge on any atom is -0.378 e. The number of carbonyl (C=O) groups excluding carboxylic acids is 2. The zero-order valence-corrected chi connectivity index (χ0v) is 13.1. The van der Waals surface area contributed by atoms with Gasteiger partial charge in [-0.25, -0.2) is 0 Å². The fourth-order valence-electron chi connectivity index (χ4n) is 3.23. The Bertz CT molecular complexity index is 388. The quantitative estimate of drug-likeness (QED) is 0.753. The van der Waals surface area contributed by atoms with Crippen LogP contribution < -0.4 is 5.73 Å². The van der Waals surface area contributed by atoms with E-state index in [9.17, 15) is 9.59 Å². The minimum atomic E-state index is -0.429. The Labute approximate surface area is 126 Å². The van der Waals surface area contributed by atoms with Crippen LogP contribution >= 0.6 is 0 Å². The first-order valence-electron chi connectivity index (χ1n) is 7.93. The molecule has 0 radical (unpaired) electrons. The van der Waals surface area contributed by atoms with Gasteiger partial charge in [0.05, 0.1) is 12.1 Å². The molecular weight excluding hydrogens is 270 g/mol. The first-order chi connectivity index (χ1) is 10.1. The molecule has 0 aromatic rings. The van der Waals surface area contributed by atoms with E-state index in [2.05, 4.69) is 6.92 Å². The van der Waals surface area contributed by atoms with Crippen molar-refractivity contribution in [1.29, 1.82) is 0 Å². The summed E-state index contributed by atoms with van der Waals surface area (Å²) in [5.74, 6) is -0.256. The Morgan fingerprint density at radius 2 is 1.90 bits per heavy atom. The van der Waals surface area contributed by atoms with Crippen molar-refractivity contribution in [3.63, 3.8) is 0 Å². The third-order valence-electron chi connectivity index (χ3n) is 4.62. The van der Waals surface area contributed by atoms with Crippen LogP contribution in [0.15, 0.2) is 0 Å². The van der Waals surface area contributed by atoms with E-state index >= 15 is 0 Å². The van der Waals surface area contributed by atoms with E-state index in [1.54, 1.807) is 12.0 Å². The van der Waals surface area contributed by atoms with Crippen molar-refractivity contribution in [3.8, 4) is 0 Å². The summed E-state index contributed by atoms with van der Waals surface area (Å²) in [4.78, 5) is 27.8. The molecule has 2 saturated heterocycles. The number of hydrogen-bond acceptors (Lipinski definition) is 4. The van der Waals surface area contributed by atoms with Gasteiger partial charge in [-0.15, -0.1) is 0 Å². The Kier molecular flexibility index (Phi) is 5.58. The zero-order chi connectivity index (χ0) is 15.4. The second-order valence-corrected chi connectivity index (χ2v) is 6.20. The summed E-state index contributed by atoms with van der Waals surface area (Å²) in [6.45, 7) is 4.40. The van der Waals surface area contributed by atoms with E-state index in [0.29, 0.717) is 25.6 Å². The van der Waals surface area contributed by atoms with Crippen LogP contribution in [0.5, 0.6) is 0 Å². The van der Waals surface area contributed by atoms with Crippen molar-refractivity contribution in [1.82, 2.24) is 9.80 Å². The molecule has 6 heteroatoms. The second kappa shape index (κ2) is 7.22. The van der Waals surface area contributed by atoms with Crippen LogP contribution in [-0.2, 0) is 14.3 Å². The first-order valence-corrected chi connectivity index (χ1v) is 7.93. The summed E-state index contributed by atoms with van der Waals surface area (Å²) in [5, 5.41) is 0. The third kappa shape index (κ3) is 3.74. The van der Waals surface area contributed by atoms with Gasteiger partial charge in [-0.05, 0) is 18.8 Å². The van der Waals surface area contributed by atoms with Gasteiger partial charge in [0, 0.05) is 33.3 Å². The molecule has 0 spiro atoms. The minimum absolute atomic E-state index is 0.169. The van der Waals surface area contributed by atoms with Gasteiger partial charge >= 0.3 is 11.8 Å². The smallest absolute Gasteiger partial charge is 0.312 e. The van der Waals surface area contributed by atoms with Crippen molar-refractivity contribution in [2.45, 2.75) is 44.8 Å². The van der Waals surface area contributed by atoms with Crippen LogP contribution in [-0.4, -0.2) is 67.0 Å². The number of carbonyl (C=O) groups is 2. The van der Waals surface area contributed by atoms with Crippen molar-refractivity contribution >= 4 is 11.8 Å². The molecule has 2 amide bonds. The molecular formula is C15H27N3O3. The topological polar surface area (TPSA) is 75.9 Å². The molecule has 0 aromatic carbocycles. The Morgan fingerprint density at radius 3 is 2.52 bits per heavy atom. The number of rotatable bonds is 4. The number of unbranched alkanes of at least 4 members (excludes halogenated alkanes) is 1. The first kappa shape index (κ1) is 16.2. The van der Waals surface area contributed by atoms with E-state index in [-0.39, 0.29) is 18.1 Å². The maximum atomic E-state index is 12.3. The average Bonchev–Trinajstić information content (AvgIpc) is 3.10. The zero-order valence-electron chi connectivity index (χ0n) is 13.1. The van der Waals surface area contributed by atoms with Crippen LogP contribution in [0.2, 0.25) is 0 Å². The monoisotopic (exact) mass is 297 g/mol. The highest BCUT2D eigenvalue weighted by atomic mass is 16.5. The summed E-state index contributed by atoms with van der Waals surface area (Å²) >= 11 is 0. The molecule has 2 fully saturated rings. The van der Waals surface area contributed by atoms with Gasteiger partial charge in [0.25, 0.3) is 0 Å². The van der Waals surface area contributed by atoms with E-state index < -0.39 is 5.91 Å². The molecule has 2 N–H and O–H groups in total. The van der Waals surface area contributed by atoms with Crippen LogP contribution in [0.25, 0.3) is 0 Å². The molecule has 1 unspecified atom stereocenters. The molecule has 6 nitrogen and oxygen atoms in total. The molecule has 2 aliphatic heterocycles. The SMILES string of the molecule is CCCCC1CCN(C(=O)C(=O)N2C[C@@H](N)[C@@H](OC)C2)C1. The summed E-state index contributed by atoms with van der Waals surface area (Å²) in [7, 11) is 1.58. The standard InChI is InChI=1S/C15H27N3O3/c1-3-4-5-11-6-7-17(8-11)14(19)15(20)18-9-12(16)13(10-18)21-2/h11-13H,3-10,16H2,1-2H3/t11?,12-,13+/m1/s1. The van der Waals surface area contributed by atoms with Gasteiger partial charge in [-0.1, -0.05) is 19.8 Å². The Hall–Kier alpha value is -1.14. The lowest BCUT2D eigenvalue weighted by atomic mass is 10.0. The van der Waals surface area contributed by atoms with Crippen LogP contribution in [0.3, 0.4) is 0 Å². The number of amides is 2. The molecule has 2 rings (SSSR count). The highest BCUT2D eigenvalue weighted by molar-refractivity contribution is 6.35. The predicted molar refractivity (Wildman–Crippen MR) is 79.6 cm³/mol. The van der Waals surface area contributed by atoms with Gasteiger partial charge in [0.1, 0.15) is 0 Å². The molecule has 120 valence electrons. The van der Waals surface area contributed by atoms with Gasteiger partial charge < -0.3 is 20.3 Å². The fourth-order valence-corrected chi connectivity index (χ4v) is 3.23. The van der Waals surface area contributed by atoms with Gasteiger partial charge in [0.2, 0.25) is 0 Å². The van der Waals surface area contributed by atoms with Crippen molar-refractivity contribution in [2.75, 3.05) is 33.3 Å². The number of nitrogens with zero attached hydrogens (tertiary/aromatic N) is 2. The summed E-state index contributed by atoms with van der Waals surface area (Å²) in [6, 6.07) is -0.206. The van der Waals surface area contributed by atoms with Gasteiger partial charge in [-0.3, -0.25) is 9.59 Å². The Morgan fingerprint density at radius 1 is 1.19 bits per heavy atom. The predicted octanol–water partition coefficient (Wildman–Crippen LogP) is 0.210. The fraction of sp³-hybridized carbons (Fsp3) is 0.867. The molecule has 0 saturated carbocycles. The molecule has 2 heterocycles. The molecule has 3 atom stereocenters. The number of ether oxygens (including phenoxy) is 1. The Balaban J connectivity index is 1.85.